The van der Waals surface area contributed by atoms with E-state index in [1.54, 1.807) is 17.7 Å². The van der Waals surface area contributed by atoms with E-state index in [9.17, 15) is 4.79 Å². The highest BCUT2D eigenvalue weighted by Gasteiger charge is 2.18. The van der Waals surface area contributed by atoms with Gasteiger partial charge in [0.15, 0.2) is 0 Å². The van der Waals surface area contributed by atoms with Crippen LogP contribution in [0.3, 0.4) is 0 Å². The normalized spacial score (nSPS) is 11.6. The highest BCUT2D eigenvalue weighted by Crippen LogP contribution is 2.19. The van der Waals surface area contributed by atoms with Crippen molar-refractivity contribution in [2.24, 2.45) is 7.05 Å². The molecule has 2 rings (SSSR count). The highest BCUT2D eigenvalue weighted by atomic mass is 16.1. The van der Waals surface area contributed by atoms with Gasteiger partial charge in [-0.2, -0.15) is 0 Å². The molecule has 100 valence electrons. The first kappa shape index (κ1) is 13.5. The molecule has 1 heterocycles. The van der Waals surface area contributed by atoms with Crippen molar-refractivity contribution in [3.63, 3.8) is 0 Å². The predicted molar refractivity (Wildman–Crippen MR) is 77.4 cm³/mol. The topological polar surface area (TPSA) is 34.9 Å². The van der Waals surface area contributed by atoms with E-state index in [1.807, 2.05) is 18.2 Å². The average Bonchev–Trinajstić information content (AvgIpc) is 2.34. The summed E-state index contributed by atoms with van der Waals surface area (Å²) in [5.41, 5.74) is 1.90. The fraction of sp³-hybridized carbons (Fsp3) is 0.375. The van der Waals surface area contributed by atoms with Gasteiger partial charge in [0.2, 0.25) is 0 Å². The minimum absolute atomic E-state index is 0.00542. The number of aromatic nitrogens is 2. The summed E-state index contributed by atoms with van der Waals surface area (Å²) in [4.78, 5) is 16.7. The monoisotopic (exact) mass is 256 g/mol. The predicted octanol–water partition coefficient (Wildman–Crippen LogP) is 2.67. The van der Waals surface area contributed by atoms with Crippen LogP contribution >= 0.6 is 0 Å². The van der Waals surface area contributed by atoms with Crippen molar-refractivity contribution in [2.45, 2.75) is 32.6 Å². The maximum atomic E-state index is 12.0. The summed E-state index contributed by atoms with van der Waals surface area (Å²) in [6.07, 6.45) is 0.677. The van der Waals surface area contributed by atoms with Gasteiger partial charge in [-0.15, -0.1) is 0 Å². The van der Waals surface area contributed by atoms with Gasteiger partial charge in [-0.05, 0) is 5.56 Å². The summed E-state index contributed by atoms with van der Waals surface area (Å²) in [7, 11) is 1.78. The van der Waals surface area contributed by atoms with Crippen molar-refractivity contribution in [1.82, 2.24) is 9.55 Å². The van der Waals surface area contributed by atoms with Gasteiger partial charge in [0, 0.05) is 24.9 Å². The molecule has 0 saturated carbocycles. The molecule has 0 saturated heterocycles. The third-order valence-electron chi connectivity index (χ3n) is 3.20. The molecule has 0 unspecified atom stereocenters. The number of hydrogen-bond donors (Lipinski definition) is 0. The Morgan fingerprint density at radius 3 is 2.37 bits per heavy atom. The van der Waals surface area contributed by atoms with Crippen LogP contribution in [0.1, 0.15) is 37.9 Å². The van der Waals surface area contributed by atoms with E-state index in [-0.39, 0.29) is 11.0 Å². The standard InChI is InChI=1S/C16H20N2O/c1-16(2,3)13-11-15(19)18(4)14(17-13)10-12-8-6-5-7-9-12/h5-9,11H,10H2,1-4H3. The quantitative estimate of drug-likeness (QED) is 0.828. The second kappa shape index (κ2) is 5.00. The maximum Gasteiger partial charge on any atom is 0.253 e. The zero-order valence-corrected chi connectivity index (χ0v) is 12.0. The molecule has 0 amide bonds. The Morgan fingerprint density at radius 2 is 1.79 bits per heavy atom. The lowest BCUT2D eigenvalue weighted by molar-refractivity contribution is 0.552. The van der Waals surface area contributed by atoms with Crippen LogP contribution in [0.25, 0.3) is 0 Å². The summed E-state index contributed by atoms with van der Waals surface area (Å²) < 4.78 is 1.63. The van der Waals surface area contributed by atoms with Crippen molar-refractivity contribution in [3.8, 4) is 0 Å². The first-order chi connectivity index (χ1) is 8.88. The van der Waals surface area contributed by atoms with Gasteiger partial charge in [-0.25, -0.2) is 4.98 Å². The van der Waals surface area contributed by atoms with Crippen LogP contribution in [0, 0.1) is 0 Å². The van der Waals surface area contributed by atoms with Crippen molar-refractivity contribution >= 4 is 0 Å². The third-order valence-corrected chi connectivity index (χ3v) is 3.20. The molecule has 0 bridgehead atoms. The number of benzene rings is 1. The zero-order chi connectivity index (χ0) is 14.0. The van der Waals surface area contributed by atoms with Crippen molar-refractivity contribution in [2.75, 3.05) is 0 Å². The first-order valence-electron chi connectivity index (χ1n) is 6.49. The summed E-state index contributed by atoms with van der Waals surface area (Å²) in [5.74, 6) is 0.809. The van der Waals surface area contributed by atoms with Crippen LogP contribution in [0.5, 0.6) is 0 Å². The number of hydrogen-bond acceptors (Lipinski definition) is 2. The molecule has 0 radical (unpaired) electrons. The average molecular weight is 256 g/mol. The fourth-order valence-corrected chi connectivity index (χ4v) is 1.91. The summed E-state index contributed by atoms with van der Waals surface area (Å²) in [5, 5.41) is 0. The second-order valence-electron chi connectivity index (χ2n) is 5.87. The van der Waals surface area contributed by atoms with Gasteiger partial charge in [0.1, 0.15) is 5.82 Å². The molecule has 19 heavy (non-hydrogen) atoms. The lowest BCUT2D eigenvalue weighted by Crippen LogP contribution is -2.27. The molecule has 1 aromatic carbocycles. The van der Waals surface area contributed by atoms with E-state index in [1.165, 1.54) is 0 Å². The van der Waals surface area contributed by atoms with Crippen LogP contribution < -0.4 is 5.56 Å². The van der Waals surface area contributed by atoms with Gasteiger partial charge in [0.25, 0.3) is 5.56 Å². The van der Waals surface area contributed by atoms with E-state index in [0.29, 0.717) is 6.42 Å². The van der Waals surface area contributed by atoms with E-state index >= 15 is 0 Å². The van der Waals surface area contributed by atoms with Gasteiger partial charge >= 0.3 is 0 Å². The van der Waals surface area contributed by atoms with Crippen LogP contribution in [0.15, 0.2) is 41.2 Å². The van der Waals surface area contributed by atoms with Crippen LogP contribution in [0.4, 0.5) is 0 Å². The van der Waals surface area contributed by atoms with Crippen molar-refractivity contribution in [1.29, 1.82) is 0 Å². The Kier molecular flexibility index (Phi) is 3.56. The zero-order valence-electron chi connectivity index (χ0n) is 12.0. The molecule has 3 nitrogen and oxygen atoms in total. The Morgan fingerprint density at radius 1 is 1.16 bits per heavy atom. The van der Waals surface area contributed by atoms with E-state index < -0.39 is 0 Å². The minimum atomic E-state index is -0.112. The van der Waals surface area contributed by atoms with Crippen molar-refractivity contribution in [3.05, 3.63) is 63.8 Å². The fourth-order valence-electron chi connectivity index (χ4n) is 1.91. The smallest absolute Gasteiger partial charge is 0.253 e. The Labute approximate surface area is 113 Å². The first-order valence-corrected chi connectivity index (χ1v) is 6.49. The summed E-state index contributed by atoms with van der Waals surface area (Å²) in [6, 6.07) is 11.7. The van der Waals surface area contributed by atoms with Crippen LogP contribution in [-0.4, -0.2) is 9.55 Å². The molecule has 0 aliphatic rings. The van der Waals surface area contributed by atoms with Crippen molar-refractivity contribution < 1.29 is 0 Å². The third kappa shape index (κ3) is 3.11. The van der Waals surface area contributed by atoms with E-state index in [2.05, 4.69) is 37.9 Å². The van der Waals surface area contributed by atoms with E-state index in [0.717, 1.165) is 17.1 Å². The molecule has 0 N–H and O–H groups in total. The van der Waals surface area contributed by atoms with Gasteiger partial charge < -0.3 is 0 Å². The molecule has 0 fully saturated rings. The second-order valence-corrected chi connectivity index (χ2v) is 5.87. The molecule has 0 aliphatic carbocycles. The number of rotatable bonds is 2. The van der Waals surface area contributed by atoms with Gasteiger partial charge in [-0.1, -0.05) is 51.1 Å². The van der Waals surface area contributed by atoms with Crippen LogP contribution in [0.2, 0.25) is 0 Å². The molecule has 0 spiro atoms. The van der Waals surface area contributed by atoms with E-state index in [4.69, 9.17) is 0 Å². The maximum absolute atomic E-state index is 12.0. The SMILES string of the molecule is Cn1c(Cc2ccccc2)nc(C(C)(C)C)cc1=O. The van der Waals surface area contributed by atoms with Crippen LogP contribution in [-0.2, 0) is 18.9 Å². The molecule has 0 aliphatic heterocycles. The molecule has 2 aromatic rings. The molecular weight excluding hydrogens is 236 g/mol. The van der Waals surface area contributed by atoms with Gasteiger partial charge in [-0.3, -0.25) is 9.36 Å². The lowest BCUT2D eigenvalue weighted by atomic mass is 9.92. The largest absolute Gasteiger partial charge is 0.300 e. The van der Waals surface area contributed by atoms with Gasteiger partial charge in [0.05, 0.1) is 5.69 Å². The summed E-state index contributed by atoms with van der Waals surface area (Å²) in [6.45, 7) is 6.21. The molecular formula is C16H20N2O. The molecule has 0 atom stereocenters. The number of nitrogens with zero attached hydrogens (tertiary/aromatic N) is 2. The minimum Gasteiger partial charge on any atom is -0.300 e. The lowest BCUT2D eigenvalue weighted by Gasteiger charge is -2.19. The highest BCUT2D eigenvalue weighted by molar-refractivity contribution is 5.21. The Balaban J connectivity index is 2.45. The Hall–Kier alpha value is -1.90. The molecule has 3 heteroatoms. The Bertz CT molecular complexity index is 621. The summed E-state index contributed by atoms with van der Waals surface area (Å²) >= 11 is 0. The molecule has 1 aromatic heterocycles.